The van der Waals surface area contributed by atoms with Gasteiger partial charge in [0.25, 0.3) is 6.29 Å². The van der Waals surface area contributed by atoms with Gasteiger partial charge >= 0.3 is 18.0 Å². The Balaban J connectivity index is 1.87. The maximum Gasteiger partial charge on any atom is 0.409 e. The van der Waals surface area contributed by atoms with Gasteiger partial charge in [-0.15, -0.1) is 0 Å². The summed E-state index contributed by atoms with van der Waals surface area (Å²) in [6, 6.07) is 0. The fraction of sp³-hybridized carbons (Fsp3) is 0.667. The van der Waals surface area contributed by atoms with E-state index in [4.69, 9.17) is 23.7 Å². The van der Waals surface area contributed by atoms with E-state index in [0.29, 0.717) is 12.0 Å². The van der Waals surface area contributed by atoms with Crippen molar-refractivity contribution in [3.8, 4) is 0 Å². The molecular weight excluding hydrogens is 322 g/mol. The highest BCUT2D eigenvalue weighted by Crippen LogP contribution is 2.61. The molecule has 2 aliphatic heterocycles. The Morgan fingerprint density at radius 1 is 1.42 bits per heavy atom. The zero-order valence-corrected chi connectivity index (χ0v) is 13.6. The minimum absolute atomic E-state index is 0.0135. The van der Waals surface area contributed by atoms with E-state index in [1.165, 1.54) is 27.3 Å². The quantitative estimate of drug-likeness (QED) is 0.435. The van der Waals surface area contributed by atoms with Crippen LogP contribution in [0.3, 0.4) is 0 Å². The van der Waals surface area contributed by atoms with Gasteiger partial charge in [0, 0.05) is 19.9 Å². The number of carbonyl (C=O) groups is 3. The van der Waals surface area contributed by atoms with Crippen molar-refractivity contribution in [1.29, 1.82) is 0 Å². The molecule has 0 radical (unpaired) electrons. The molecule has 0 bridgehead atoms. The lowest BCUT2D eigenvalue weighted by molar-refractivity contribution is -0.162. The Labute approximate surface area is 138 Å². The van der Waals surface area contributed by atoms with Crippen LogP contribution >= 0.6 is 0 Å². The van der Waals surface area contributed by atoms with Crippen LogP contribution in [0.4, 0.5) is 4.79 Å². The number of hydrogen-bond donors (Lipinski definition) is 1. The van der Waals surface area contributed by atoms with Crippen molar-refractivity contribution in [2.45, 2.75) is 31.3 Å². The lowest BCUT2D eigenvalue weighted by Crippen LogP contribution is -2.47. The lowest BCUT2D eigenvalue weighted by Gasteiger charge is -2.36. The molecule has 9 nitrogen and oxygen atoms in total. The predicted octanol–water partition coefficient (Wildman–Crippen LogP) is 0.0924. The molecule has 2 heterocycles. The number of ether oxygens (including phenoxy) is 5. The highest BCUT2D eigenvalue weighted by atomic mass is 16.7. The minimum Gasteiger partial charge on any atom is -0.466 e. The van der Waals surface area contributed by atoms with Crippen molar-refractivity contribution in [2.24, 2.45) is 11.8 Å². The summed E-state index contributed by atoms with van der Waals surface area (Å²) in [5.41, 5.74) is -0.458. The molecule has 9 heteroatoms. The molecule has 2 fully saturated rings. The molecule has 132 valence electrons. The van der Waals surface area contributed by atoms with E-state index in [0.717, 1.165) is 0 Å². The monoisotopic (exact) mass is 341 g/mol. The van der Waals surface area contributed by atoms with Crippen molar-refractivity contribution in [1.82, 2.24) is 5.32 Å². The normalized spacial score (nSPS) is 35.5. The van der Waals surface area contributed by atoms with E-state index < -0.39 is 35.8 Å². The van der Waals surface area contributed by atoms with Gasteiger partial charge in [-0.2, -0.15) is 0 Å². The number of epoxide rings is 1. The van der Waals surface area contributed by atoms with Gasteiger partial charge in [-0.05, 0) is 6.42 Å². The van der Waals surface area contributed by atoms with Gasteiger partial charge in [0.05, 0.1) is 31.0 Å². The number of methoxy groups -OCH3 is 1. The van der Waals surface area contributed by atoms with E-state index >= 15 is 0 Å². The average Bonchev–Trinajstić information content (AvgIpc) is 3.17. The minimum atomic E-state index is -0.952. The number of rotatable bonds is 4. The van der Waals surface area contributed by atoms with Crippen LogP contribution in [0.15, 0.2) is 11.8 Å². The second-order valence-electron chi connectivity index (χ2n) is 5.93. The summed E-state index contributed by atoms with van der Waals surface area (Å²) in [4.78, 5) is 34.7. The maximum absolute atomic E-state index is 12.0. The fourth-order valence-corrected chi connectivity index (χ4v) is 3.56. The predicted molar refractivity (Wildman–Crippen MR) is 76.3 cm³/mol. The Bertz CT molecular complexity index is 602. The van der Waals surface area contributed by atoms with Gasteiger partial charge in [-0.3, -0.25) is 4.79 Å². The van der Waals surface area contributed by atoms with E-state index in [2.05, 4.69) is 5.32 Å². The molecule has 0 aromatic rings. The number of amides is 1. The number of hydrogen-bond acceptors (Lipinski definition) is 8. The SMILES string of the molecule is CNC(=O)OC1OC=C(C(=O)OC)C2CC3O[C@]3(COC(C)=O)C12. The van der Waals surface area contributed by atoms with Gasteiger partial charge in [0.1, 0.15) is 12.2 Å². The number of esters is 2. The largest absolute Gasteiger partial charge is 0.466 e. The second kappa shape index (κ2) is 5.97. The van der Waals surface area contributed by atoms with Crippen LogP contribution in [-0.4, -0.2) is 56.8 Å². The van der Waals surface area contributed by atoms with Crippen LogP contribution in [0.5, 0.6) is 0 Å². The Morgan fingerprint density at radius 2 is 2.17 bits per heavy atom. The first kappa shape index (κ1) is 16.6. The zero-order valence-electron chi connectivity index (χ0n) is 13.6. The van der Waals surface area contributed by atoms with E-state index in [1.54, 1.807) is 0 Å². The first-order valence-corrected chi connectivity index (χ1v) is 7.56. The van der Waals surface area contributed by atoms with Crippen LogP contribution in [0.2, 0.25) is 0 Å². The standard InChI is InChI=1S/C15H19NO8/c1-7(17)22-6-15-10(24-15)4-8-9(12(18)20-3)5-21-13(11(8)15)23-14(19)16-2/h5,8,10-11,13H,4,6H2,1-3H3,(H,16,19)/t8?,10?,11?,13?,15-/m0/s1. The average molecular weight is 341 g/mol. The second-order valence-corrected chi connectivity index (χ2v) is 5.93. The topological polar surface area (TPSA) is 113 Å². The fourth-order valence-electron chi connectivity index (χ4n) is 3.56. The van der Waals surface area contributed by atoms with Crippen molar-refractivity contribution in [3.63, 3.8) is 0 Å². The molecule has 0 spiro atoms. The van der Waals surface area contributed by atoms with Crippen molar-refractivity contribution < 1.29 is 38.1 Å². The summed E-state index contributed by atoms with van der Waals surface area (Å²) >= 11 is 0. The molecule has 1 saturated heterocycles. The summed E-state index contributed by atoms with van der Waals surface area (Å²) in [5.74, 6) is -1.69. The van der Waals surface area contributed by atoms with Crippen molar-refractivity contribution in [2.75, 3.05) is 20.8 Å². The first-order valence-electron chi connectivity index (χ1n) is 7.56. The van der Waals surface area contributed by atoms with Crippen molar-refractivity contribution in [3.05, 3.63) is 11.8 Å². The molecule has 4 unspecified atom stereocenters. The van der Waals surface area contributed by atoms with Crippen molar-refractivity contribution >= 4 is 18.0 Å². The molecule has 24 heavy (non-hydrogen) atoms. The van der Waals surface area contributed by atoms with Gasteiger partial charge in [0.15, 0.2) is 0 Å². The molecule has 1 amide bonds. The molecular formula is C15H19NO8. The maximum atomic E-state index is 12.0. The smallest absolute Gasteiger partial charge is 0.409 e. The summed E-state index contributed by atoms with van der Waals surface area (Å²) in [6.07, 6.45) is -0.0152. The third-order valence-electron chi connectivity index (χ3n) is 4.69. The van der Waals surface area contributed by atoms with Crippen LogP contribution < -0.4 is 5.32 Å². The van der Waals surface area contributed by atoms with E-state index in [9.17, 15) is 14.4 Å². The highest BCUT2D eigenvalue weighted by Gasteiger charge is 2.74. The molecule has 0 aromatic carbocycles. The number of carbonyl (C=O) groups excluding carboxylic acids is 3. The van der Waals surface area contributed by atoms with Gasteiger partial charge in [-0.25, -0.2) is 9.59 Å². The molecule has 3 aliphatic rings. The molecule has 1 N–H and O–H groups in total. The molecule has 3 rings (SSSR count). The lowest BCUT2D eigenvalue weighted by atomic mass is 9.81. The molecule has 5 atom stereocenters. The van der Waals surface area contributed by atoms with Crippen LogP contribution in [0, 0.1) is 11.8 Å². The summed E-state index contributed by atoms with van der Waals surface area (Å²) < 4.78 is 26.3. The Kier molecular flexibility index (Phi) is 4.12. The zero-order chi connectivity index (χ0) is 17.5. The molecule has 0 aromatic heterocycles. The summed E-state index contributed by atoms with van der Waals surface area (Å²) in [6.45, 7) is 1.32. The third kappa shape index (κ3) is 2.58. The van der Waals surface area contributed by atoms with E-state index in [-0.39, 0.29) is 18.6 Å². The van der Waals surface area contributed by atoms with Gasteiger partial charge < -0.3 is 29.0 Å². The Hall–Kier alpha value is -2.29. The Morgan fingerprint density at radius 3 is 2.79 bits per heavy atom. The number of nitrogens with one attached hydrogen (secondary N) is 1. The van der Waals surface area contributed by atoms with Gasteiger partial charge in [-0.1, -0.05) is 0 Å². The molecule has 1 saturated carbocycles. The molecule has 1 aliphatic carbocycles. The van der Waals surface area contributed by atoms with Crippen LogP contribution in [0.25, 0.3) is 0 Å². The van der Waals surface area contributed by atoms with Gasteiger partial charge in [0.2, 0.25) is 0 Å². The first-order chi connectivity index (χ1) is 11.4. The number of alkyl carbamates (subject to hydrolysis) is 1. The van der Waals surface area contributed by atoms with Crippen LogP contribution in [-0.2, 0) is 33.3 Å². The number of fused-ring (bicyclic) bond motifs is 3. The third-order valence-corrected chi connectivity index (χ3v) is 4.69. The summed E-state index contributed by atoms with van der Waals surface area (Å²) in [7, 11) is 2.71. The highest BCUT2D eigenvalue weighted by molar-refractivity contribution is 5.89. The summed E-state index contributed by atoms with van der Waals surface area (Å²) in [5, 5.41) is 2.35. The van der Waals surface area contributed by atoms with E-state index in [1.807, 2.05) is 0 Å². The van der Waals surface area contributed by atoms with Crippen LogP contribution in [0.1, 0.15) is 13.3 Å².